The van der Waals surface area contributed by atoms with Gasteiger partial charge >= 0.3 is 90.8 Å². The second-order valence-corrected chi connectivity index (χ2v) is 5.19. The van der Waals surface area contributed by atoms with Gasteiger partial charge in [0.1, 0.15) is 0 Å². The fraction of sp³-hybridized carbons (Fsp3) is 0.500. The van der Waals surface area contributed by atoms with E-state index in [-0.39, 0.29) is 6.61 Å². The Morgan fingerprint density at radius 2 is 2.20 bits per heavy atom. The quantitative estimate of drug-likeness (QED) is 0.670. The second kappa shape index (κ2) is 6.95. The molecule has 0 bridgehead atoms. The predicted octanol–water partition coefficient (Wildman–Crippen LogP) is -1.25. The number of hydrogen-bond donors (Lipinski definition) is 2. The van der Waals surface area contributed by atoms with Gasteiger partial charge in [0, 0.05) is 0 Å². The van der Waals surface area contributed by atoms with Crippen LogP contribution in [0.5, 0.6) is 0 Å². The van der Waals surface area contributed by atoms with Gasteiger partial charge in [0.15, 0.2) is 0 Å². The summed E-state index contributed by atoms with van der Waals surface area (Å²) in [5, 5.41) is 17.5. The van der Waals surface area contributed by atoms with Crippen molar-refractivity contribution >= 4 is 51.5 Å². The van der Waals surface area contributed by atoms with Crippen LogP contribution in [0.25, 0.3) is 0 Å². The first-order valence-electron chi connectivity index (χ1n) is 2.99. The van der Waals surface area contributed by atoms with Crippen LogP contribution in [0, 0.1) is 0 Å². The average Bonchev–Trinajstić information content (AvgIpc) is 1.88. The summed E-state index contributed by atoms with van der Waals surface area (Å²) < 4.78 is 3.33. The van der Waals surface area contributed by atoms with E-state index >= 15 is 0 Å². The molecule has 1 unspecified atom stereocenters. The van der Waals surface area contributed by atoms with Crippen molar-refractivity contribution in [3.8, 4) is 0 Å². The van der Waals surface area contributed by atoms with Crippen LogP contribution in [-0.2, 0) is 0 Å². The maximum absolute atomic E-state index is 8.98. The van der Waals surface area contributed by atoms with Crippen molar-refractivity contribution in [2.45, 2.75) is 12.5 Å². The van der Waals surface area contributed by atoms with Crippen LogP contribution in [-0.4, -0.2) is 74.4 Å². The zero-order valence-corrected chi connectivity index (χ0v) is 12.3. The molecule has 0 aromatic rings. The summed E-state index contributed by atoms with van der Waals surface area (Å²) in [6, 6.07) is 0. The van der Waals surface area contributed by atoms with Gasteiger partial charge in [-0.3, -0.25) is 0 Å². The summed E-state index contributed by atoms with van der Waals surface area (Å²) >= 11 is 2.16. The molecule has 4 heteroatoms. The molecule has 0 aromatic carbocycles. The predicted molar refractivity (Wildman–Crippen MR) is 43.4 cm³/mol. The molecule has 0 saturated heterocycles. The number of aliphatic hydroxyl groups excluding tert-OH is 2. The molecule has 3 radical (unpaired) electrons. The number of allylic oxidation sites excluding steroid dienone is 1. The van der Waals surface area contributed by atoms with E-state index in [1.54, 1.807) is 0 Å². The molecule has 2 N–H and O–H groups in total. The molecular weight excluding hydrogens is 334 g/mol. The molecule has 51 valence electrons. The van der Waals surface area contributed by atoms with Gasteiger partial charge in [-0.15, -0.1) is 0 Å². The molecule has 0 rings (SSSR count). The molecule has 2 nitrogen and oxygen atoms in total. The van der Waals surface area contributed by atoms with Crippen LogP contribution in [0.15, 0.2) is 9.91 Å². The van der Waals surface area contributed by atoms with Crippen molar-refractivity contribution in [1.82, 2.24) is 0 Å². The second-order valence-electron chi connectivity index (χ2n) is 1.97. The molecule has 0 spiro atoms. The fourth-order valence-corrected chi connectivity index (χ4v) is 4.14. The Hall–Kier alpha value is 1.27. The van der Waals surface area contributed by atoms with Gasteiger partial charge in [-0.2, -0.15) is 0 Å². The van der Waals surface area contributed by atoms with Crippen molar-refractivity contribution in [2.75, 3.05) is 6.61 Å². The normalized spacial score (nSPS) is 13.7. The van der Waals surface area contributed by atoms with Crippen LogP contribution in [0.4, 0.5) is 0 Å². The Labute approximate surface area is 89.9 Å². The molecule has 0 aliphatic heterocycles. The summed E-state index contributed by atoms with van der Waals surface area (Å²) in [6.45, 7) is -0.126. The van der Waals surface area contributed by atoms with E-state index in [1.165, 1.54) is 3.26 Å². The summed E-state index contributed by atoms with van der Waals surface area (Å²) in [5.41, 5.74) is 0. The van der Waals surface area contributed by atoms with Crippen molar-refractivity contribution in [3.05, 3.63) is 9.91 Å². The minimum absolute atomic E-state index is 0.126. The third kappa shape index (κ3) is 6.01. The Kier molecular flexibility index (Phi) is 7.83. The first kappa shape index (κ1) is 11.3. The molecule has 0 heterocycles. The van der Waals surface area contributed by atoms with E-state index in [1.807, 2.05) is 6.08 Å². The molecule has 0 aliphatic carbocycles. The molecule has 0 aliphatic rings. The molecule has 1 atom stereocenters. The first-order chi connectivity index (χ1) is 4.70. The summed E-state index contributed by atoms with van der Waals surface area (Å²) in [6.07, 6.45) is 2.13. The van der Waals surface area contributed by atoms with Gasteiger partial charge in [-0.05, 0) is 0 Å². The van der Waals surface area contributed by atoms with Crippen LogP contribution in [0.3, 0.4) is 0 Å². The topological polar surface area (TPSA) is 40.5 Å². The SMILES string of the molecule is OCC(O)C[C](=[In])/C=[CH]\[In]. The molecule has 0 saturated carbocycles. The molecular formula is C6H9In2O2. The Morgan fingerprint density at radius 3 is 2.60 bits per heavy atom. The number of hydrogen-bond acceptors (Lipinski definition) is 2. The van der Waals surface area contributed by atoms with Gasteiger partial charge in [0.05, 0.1) is 0 Å². The number of rotatable bonds is 4. The van der Waals surface area contributed by atoms with Crippen molar-refractivity contribution in [2.24, 2.45) is 0 Å². The standard InChI is InChI=1S/C6H9O2.2In/c1-2-3-4-6(8)5-7;;/h1-2,6-8H,4-5H2;;. The monoisotopic (exact) mass is 343 g/mol. The zero-order chi connectivity index (χ0) is 7.98. The maximum atomic E-state index is 8.98. The van der Waals surface area contributed by atoms with E-state index in [0.717, 1.165) is 48.3 Å². The molecule has 0 fully saturated rings. The summed E-state index contributed by atoms with van der Waals surface area (Å²) in [5.74, 6) is 0. The van der Waals surface area contributed by atoms with Gasteiger partial charge in [0.25, 0.3) is 0 Å². The molecule has 10 heavy (non-hydrogen) atoms. The van der Waals surface area contributed by atoms with E-state index in [2.05, 4.69) is 3.83 Å². The Morgan fingerprint density at radius 1 is 1.60 bits per heavy atom. The van der Waals surface area contributed by atoms with E-state index in [4.69, 9.17) is 10.2 Å². The zero-order valence-electron chi connectivity index (χ0n) is 5.70. The molecule has 0 amide bonds. The van der Waals surface area contributed by atoms with Crippen molar-refractivity contribution in [1.29, 1.82) is 0 Å². The third-order valence-electron chi connectivity index (χ3n) is 0.992. The fourth-order valence-electron chi connectivity index (χ4n) is 0.528. The van der Waals surface area contributed by atoms with Gasteiger partial charge in [-0.1, -0.05) is 0 Å². The molecule has 0 aromatic heterocycles. The first-order valence-corrected chi connectivity index (χ1v) is 6.54. The van der Waals surface area contributed by atoms with Crippen molar-refractivity contribution in [3.63, 3.8) is 0 Å². The van der Waals surface area contributed by atoms with Gasteiger partial charge in [0.2, 0.25) is 0 Å². The van der Waals surface area contributed by atoms with E-state index < -0.39 is 6.10 Å². The van der Waals surface area contributed by atoms with Gasteiger partial charge < -0.3 is 0 Å². The summed E-state index contributed by atoms with van der Waals surface area (Å²) in [4.78, 5) is 0. The average molecular weight is 343 g/mol. The summed E-state index contributed by atoms with van der Waals surface area (Å²) in [7, 11) is 0. The Bertz CT molecular complexity index is 134. The number of aliphatic hydroxyl groups is 2. The van der Waals surface area contributed by atoms with Crippen LogP contribution >= 0.6 is 0 Å². The van der Waals surface area contributed by atoms with E-state index in [9.17, 15) is 0 Å². The van der Waals surface area contributed by atoms with E-state index in [0.29, 0.717) is 6.42 Å². The van der Waals surface area contributed by atoms with Crippen LogP contribution < -0.4 is 0 Å². The van der Waals surface area contributed by atoms with Gasteiger partial charge in [-0.25, -0.2) is 0 Å². The van der Waals surface area contributed by atoms with Crippen LogP contribution in [0.2, 0.25) is 0 Å². The Balaban J connectivity index is 3.57. The van der Waals surface area contributed by atoms with Crippen molar-refractivity contribution < 1.29 is 10.2 Å². The minimum atomic E-state index is -0.554. The van der Waals surface area contributed by atoms with Crippen LogP contribution in [0.1, 0.15) is 6.42 Å². The third-order valence-corrected chi connectivity index (χ3v) is 2.76.